The molecule has 0 N–H and O–H groups in total. The number of carbonyl (C=O) groups excluding carboxylic acids is 2. The monoisotopic (exact) mass is 497 g/mol. The molecule has 1 fully saturated rings. The van der Waals surface area contributed by atoms with E-state index in [0.29, 0.717) is 34.9 Å². The molecule has 0 spiro atoms. The number of rotatable bonds is 10. The number of hydrogen-bond donors (Lipinski definition) is 0. The van der Waals surface area contributed by atoms with Crippen LogP contribution in [0.1, 0.15) is 20.3 Å². The van der Waals surface area contributed by atoms with Crippen LogP contribution >= 0.6 is 0 Å². The number of cyclic esters (lactones) is 1. The first-order valence-corrected chi connectivity index (χ1v) is 11.7. The highest BCUT2D eigenvalue weighted by Crippen LogP contribution is 2.29. The summed E-state index contributed by atoms with van der Waals surface area (Å²) in [7, 11) is 1.65. The van der Waals surface area contributed by atoms with Crippen LogP contribution in [0.3, 0.4) is 0 Å². The quantitative estimate of drug-likeness (QED) is 0.390. The number of anilines is 1. The van der Waals surface area contributed by atoms with Crippen molar-refractivity contribution in [3.05, 3.63) is 42.3 Å². The Morgan fingerprint density at radius 1 is 1.25 bits per heavy atom. The average molecular weight is 498 g/mol. The van der Waals surface area contributed by atoms with E-state index in [2.05, 4.69) is 25.3 Å². The van der Waals surface area contributed by atoms with Crippen LogP contribution in [0, 0.1) is 5.82 Å². The second-order valence-electron chi connectivity index (χ2n) is 8.28. The van der Waals surface area contributed by atoms with E-state index in [1.807, 2.05) is 13.8 Å². The molecule has 2 aromatic heterocycles. The molecule has 1 atom stereocenters. The molecule has 12 heteroatoms. The summed E-state index contributed by atoms with van der Waals surface area (Å²) >= 11 is 0. The van der Waals surface area contributed by atoms with Crippen LogP contribution in [0.2, 0.25) is 0 Å². The van der Waals surface area contributed by atoms with Gasteiger partial charge in [0, 0.05) is 23.9 Å². The van der Waals surface area contributed by atoms with Crippen molar-refractivity contribution in [1.29, 1.82) is 0 Å². The number of ether oxygens (including phenoxy) is 2. The Kier molecular flexibility index (Phi) is 7.84. The summed E-state index contributed by atoms with van der Waals surface area (Å²) in [5, 5.41) is 11.8. The molecule has 1 saturated heterocycles. The van der Waals surface area contributed by atoms with Gasteiger partial charge in [-0.1, -0.05) is 19.9 Å². The standard InChI is InChI=1S/C24H28FN7O4/c1-4-31(5-2)11-10-22(33)35-15-18-14-32(24(34)36-18)17-7-8-19(20(25)12-17)16-6-9-21(26-13-16)23-27-29-30(3)28-23/h6-9,12-13,18H,4-5,10-11,14-15H2,1-3H3/t18-/m1/s1. The van der Waals surface area contributed by atoms with Gasteiger partial charge in [0.15, 0.2) is 6.10 Å². The van der Waals surface area contributed by atoms with Gasteiger partial charge in [-0.3, -0.25) is 14.7 Å². The van der Waals surface area contributed by atoms with Crippen molar-refractivity contribution in [1.82, 2.24) is 30.1 Å². The summed E-state index contributed by atoms with van der Waals surface area (Å²) in [5.74, 6) is -0.489. The lowest BCUT2D eigenvalue weighted by atomic mass is 10.1. The van der Waals surface area contributed by atoms with Gasteiger partial charge in [-0.15, -0.1) is 10.2 Å². The normalized spacial score (nSPS) is 15.4. The lowest BCUT2D eigenvalue weighted by Gasteiger charge is -2.17. The van der Waals surface area contributed by atoms with E-state index in [9.17, 15) is 14.0 Å². The average Bonchev–Trinajstić information content (AvgIpc) is 3.48. The van der Waals surface area contributed by atoms with Crippen LogP contribution in [0.4, 0.5) is 14.9 Å². The number of halogens is 1. The number of aryl methyl sites for hydroxylation is 1. The highest BCUT2D eigenvalue weighted by Gasteiger charge is 2.33. The van der Waals surface area contributed by atoms with Crippen molar-refractivity contribution in [2.75, 3.05) is 37.7 Å². The van der Waals surface area contributed by atoms with Gasteiger partial charge in [-0.2, -0.15) is 4.80 Å². The largest absolute Gasteiger partial charge is 0.462 e. The number of benzene rings is 1. The summed E-state index contributed by atoms with van der Waals surface area (Å²) in [6, 6.07) is 7.89. The number of pyridine rings is 1. The number of nitrogens with zero attached hydrogens (tertiary/aromatic N) is 7. The van der Waals surface area contributed by atoms with Crippen LogP contribution in [-0.4, -0.2) is 81.0 Å². The van der Waals surface area contributed by atoms with Gasteiger partial charge < -0.3 is 14.4 Å². The van der Waals surface area contributed by atoms with E-state index in [1.165, 1.54) is 22.0 Å². The van der Waals surface area contributed by atoms with E-state index >= 15 is 0 Å². The predicted molar refractivity (Wildman–Crippen MR) is 128 cm³/mol. The van der Waals surface area contributed by atoms with E-state index < -0.39 is 18.0 Å². The maximum absolute atomic E-state index is 15.0. The van der Waals surface area contributed by atoms with Gasteiger partial charge in [0.25, 0.3) is 0 Å². The number of carbonyl (C=O) groups is 2. The fourth-order valence-electron chi connectivity index (χ4n) is 3.84. The summed E-state index contributed by atoms with van der Waals surface area (Å²) in [6.45, 7) is 6.50. The lowest BCUT2D eigenvalue weighted by Crippen LogP contribution is -2.28. The van der Waals surface area contributed by atoms with E-state index in [1.54, 1.807) is 31.3 Å². The fraction of sp³-hybridized carbons (Fsp3) is 0.417. The maximum atomic E-state index is 15.0. The molecule has 1 aromatic carbocycles. The summed E-state index contributed by atoms with van der Waals surface area (Å²) in [6.07, 6.45) is 0.556. The molecule has 0 bridgehead atoms. The second-order valence-corrected chi connectivity index (χ2v) is 8.28. The SMILES string of the molecule is CCN(CC)CCC(=O)OC[C@H]1CN(c2ccc(-c3ccc(-c4nnn(C)n4)nc3)c(F)c2)C(=O)O1. The molecule has 11 nitrogen and oxygen atoms in total. The van der Waals surface area contributed by atoms with Crippen LogP contribution in [0.15, 0.2) is 36.5 Å². The summed E-state index contributed by atoms with van der Waals surface area (Å²) in [4.78, 5) is 33.5. The number of amides is 1. The number of tetrazole rings is 1. The third kappa shape index (κ3) is 5.82. The molecule has 4 rings (SSSR count). The molecule has 0 radical (unpaired) electrons. The first kappa shape index (κ1) is 25.2. The molecule has 36 heavy (non-hydrogen) atoms. The Morgan fingerprint density at radius 2 is 2.06 bits per heavy atom. The van der Waals surface area contributed by atoms with E-state index in [0.717, 1.165) is 13.1 Å². The molecule has 1 aliphatic heterocycles. The molecule has 190 valence electrons. The second kappa shape index (κ2) is 11.2. The minimum absolute atomic E-state index is 0.0431. The van der Waals surface area contributed by atoms with Crippen molar-refractivity contribution < 1.29 is 23.5 Å². The zero-order chi connectivity index (χ0) is 25.7. The highest BCUT2D eigenvalue weighted by molar-refractivity contribution is 5.90. The zero-order valence-electron chi connectivity index (χ0n) is 20.4. The molecule has 0 unspecified atom stereocenters. The van der Waals surface area contributed by atoms with Crippen molar-refractivity contribution in [3.8, 4) is 22.6 Å². The van der Waals surface area contributed by atoms with Gasteiger partial charge in [0.1, 0.15) is 18.1 Å². The molecule has 1 amide bonds. The first-order chi connectivity index (χ1) is 17.4. The van der Waals surface area contributed by atoms with Gasteiger partial charge in [0.2, 0.25) is 5.82 Å². The van der Waals surface area contributed by atoms with Crippen LogP contribution < -0.4 is 4.90 Å². The predicted octanol–water partition coefficient (Wildman–Crippen LogP) is 2.68. The molecule has 0 aliphatic carbocycles. The first-order valence-electron chi connectivity index (χ1n) is 11.7. The Balaban J connectivity index is 1.35. The smallest absolute Gasteiger partial charge is 0.414 e. The Hall–Kier alpha value is -3.93. The lowest BCUT2D eigenvalue weighted by molar-refractivity contribution is -0.146. The van der Waals surface area contributed by atoms with Crippen LogP contribution in [-0.2, 0) is 21.3 Å². The minimum Gasteiger partial charge on any atom is -0.462 e. The molecule has 1 aliphatic rings. The molecule has 0 saturated carbocycles. The molecular weight excluding hydrogens is 469 g/mol. The summed E-state index contributed by atoms with van der Waals surface area (Å²) < 4.78 is 25.6. The van der Waals surface area contributed by atoms with Crippen molar-refractivity contribution in [2.45, 2.75) is 26.4 Å². The summed E-state index contributed by atoms with van der Waals surface area (Å²) in [5.41, 5.74) is 1.76. The van der Waals surface area contributed by atoms with Gasteiger partial charge in [-0.05, 0) is 42.6 Å². The third-order valence-electron chi connectivity index (χ3n) is 5.91. The number of aromatic nitrogens is 5. The number of hydrogen-bond acceptors (Lipinski definition) is 9. The molecule has 3 heterocycles. The van der Waals surface area contributed by atoms with Crippen LogP contribution in [0.25, 0.3) is 22.6 Å². The van der Waals surface area contributed by atoms with Gasteiger partial charge >= 0.3 is 12.1 Å². The van der Waals surface area contributed by atoms with Crippen molar-refractivity contribution >= 4 is 17.7 Å². The third-order valence-corrected chi connectivity index (χ3v) is 5.91. The topological polar surface area (TPSA) is 116 Å². The van der Waals surface area contributed by atoms with Crippen LogP contribution in [0.5, 0.6) is 0 Å². The van der Waals surface area contributed by atoms with Crippen molar-refractivity contribution in [3.63, 3.8) is 0 Å². The van der Waals surface area contributed by atoms with Crippen molar-refractivity contribution in [2.24, 2.45) is 7.05 Å². The maximum Gasteiger partial charge on any atom is 0.414 e. The van der Waals surface area contributed by atoms with Gasteiger partial charge in [-0.25, -0.2) is 9.18 Å². The Bertz CT molecular complexity index is 1210. The zero-order valence-corrected chi connectivity index (χ0v) is 20.4. The van der Waals surface area contributed by atoms with Gasteiger partial charge in [0.05, 0.1) is 25.7 Å². The molecule has 3 aromatic rings. The Morgan fingerprint density at radius 3 is 2.69 bits per heavy atom. The number of esters is 1. The van der Waals surface area contributed by atoms with E-state index in [4.69, 9.17) is 9.47 Å². The minimum atomic E-state index is -0.621. The Labute approximate surface area is 207 Å². The highest BCUT2D eigenvalue weighted by atomic mass is 19.1. The molecular formula is C24H28FN7O4. The fourth-order valence-corrected chi connectivity index (χ4v) is 3.84. The van der Waals surface area contributed by atoms with E-state index in [-0.39, 0.29) is 25.5 Å².